The zero-order valence-electron chi connectivity index (χ0n) is 47.2. The summed E-state index contributed by atoms with van der Waals surface area (Å²) in [4.78, 5) is 30.0. The van der Waals surface area contributed by atoms with Gasteiger partial charge in [0.05, 0.1) is 43.9 Å². The molecule has 2 saturated carbocycles. The summed E-state index contributed by atoms with van der Waals surface area (Å²) in [6, 6.07) is 75.5. The highest BCUT2D eigenvalue weighted by Crippen LogP contribution is 2.68. The van der Waals surface area contributed by atoms with Crippen LogP contribution in [0, 0.1) is 11.8 Å². The Morgan fingerprint density at radius 2 is 0.570 bits per heavy atom. The van der Waals surface area contributed by atoms with Crippen molar-refractivity contribution in [1.82, 2.24) is 8.80 Å². The van der Waals surface area contributed by atoms with Gasteiger partial charge in [0.2, 0.25) is 0 Å². The number of fused-ring (bicyclic) bond motifs is 38. The van der Waals surface area contributed by atoms with Crippen LogP contribution in [-0.4, -0.2) is 20.4 Å². The van der Waals surface area contributed by atoms with Gasteiger partial charge in [-0.3, -0.25) is 9.59 Å². The second-order valence-corrected chi connectivity index (χ2v) is 27.2. The van der Waals surface area contributed by atoms with Crippen molar-refractivity contribution in [1.29, 1.82) is 0 Å². The quantitative estimate of drug-likeness (QED) is 0.152. The normalized spacial score (nSPS) is 20.9. The average Bonchev–Trinajstić information content (AvgIpc) is 1.49. The molecule has 2 spiro atoms. The second kappa shape index (κ2) is 14.7. The van der Waals surface area contributed by atoms with Gasteiger partial charge in [-0.05, 0) is 212 Å². The van der Waals surface area contributed by atoms with Crippen LogP contribution in [-0.2, 0) is 10.8 Å². The van der Waals surface area contributed by atoms with Crippen molar-refractivity contribution in [3.8, 4) is 44.5 Å². The SMILES string of the molecule is O=C1c2cc3c(cc2C2CCC1CC2)c1cc2c(c4c5cc6c(cc5n3c14)c1c3c(cc4c5cc7c(cc5n6c41)C(=O)C1CCC7CC1)-c1ccccc1C31c3ccccc3-c3ccccc31)C1(c3ccccc3-c3ccccc31)c1ccccc1-2. The van der Waals surface area contributed by atoms with E-state index in [0.29, 0.717) is 23.4 Å². The summed E-state index contributed by atoms with van der Waals surface area (Å²) in [7, 11) is 0. The minimum atomic E-state index is -0.604. The predicted octanol–water partition coefficient (Wildman–Crippen LogP) is 19.6. The molecular formula is C82H52N2O2. The summed E-state index contributed by atoms with van der Waals surface area (Å²) in [6.07, 6.45) is 8.18. The first-order chi connectivity index (χ1) is 42.5. The van der Waals surface area contributed by atoms with Crippen LogP contribution in [0.25, 0.3) is 121 Å². The number of hydrogen-bond acceptors (Lipinski definition) is 2. The van der Waals surface area contributed by atoms with E-state index in [1.54, 1.807) is 0 Å². The number of carbonyl (C=O) groups is 2. The van der Waals surface area contributed by atoms with Gasteiger partial charge < -0.3 is 8.80 Å². The van der Waals surface area contributed by atoms with Crippen LogP contribution in [0.5, 0.6) is 0 Å². The lowest BCUT2D eigenvalue weighted by Gasteiger charge is -2.31. The molecular weight excluding hydrogens is 1040 g/mol. The maximum Gasteiger partial charge on any atom is 0.166 e. The number of rotatable bonds is 0. The molecule has 402 valence electrons. The van der Waals surface area contributed by atoms with Gasteiger partial charge in [-0.15, -0.1) is 0 Å². The van der Waals surface area contributed by atoms with Gasteiger partial charge in [0.15, 0.2) is 11.6 Å². The molecule has 0 saturated heterocycles. The van der Waals surface area contributed by atoms with Crippen molar-refractivity contribution in [2.75, 3.05) is 0 Å². The summed E-state index contributed by atoms with van der Waals surface area (Å²) in [5, 5.41) is 10.0. The molecule has 10 aliphatic carbocycles. The predicted molar refractivity (Wildman–Crippen MR) is 346 cm³/mol. The molecule has 25 rings (SSSR count). The van der Waals surface area contributed by atoms with Crippen molar-refractivity contribution in [3.63, 3.8) is 0 Å². The van der Waals surface area contributed by atoms with E-state index < -0.39 is 10.8 Å². The maximum absolute atomic E-state index is 15.0. The zero-order valence-corrected chi connectivity index (χ0v) is 47.2. The molecule has 10 aliphatic rings. The summed E-state index contributed by atoms with van der Waals surface area (Å²) < 4.78 is 5.26. The minimum absolute atomic E-state index is 0.0802. The van der Waals surface area contributed by atoms with Crippen LogP contribution in [0.3, 0.4) is 0 Å². The fourth-order valence-electron chi connectivity index (χ4n) is 20.9. The molecule has 4 nitrogen and oxygen atoms in total. The van der Waals surface area contributed by atoms with Crippen molar-refractivity contribution in [2.24, 2.45) is 11.8 Å². The Morgan fingerprint density at radius 1 is 0.279 bits per heavy atom. The van der Waals surface area contributed by atoms with Crippen LogP contribution >= 0.6 is 0 Å². The summed E-state index contributed by atoms with van der Waals surface area (Å²) in [5.74, 6) is 1.60. The molecule has 4 heterocycles. The highest BCUT2D eigenvalue weighted by atomic mass is 16.1. The second-order valence-electron chi connectivity index (χ2n) is 27.2. The number of ketones is 2. The third-order valence-electron chi connectivity index (χ3n) is 24.1. The van der Waals surface area contributed by atoms with Crippen molar-refractivity contribution >= 4 is 87.8 Å². The van der Waals surface area contributed by atoms with Crippen molar-refractivity contribution in [3.05, 3.63) is 261 Å². The number of Topliss-reactive ketones (excluding diaryl/α,β-unsaturated/α-hetero) is 2. The lowest BCUT2D eigenvalue weighted by Crippen LogP contribution is -2.26. The van der Waals surface area contributed by atoms with Crippen LogP contribution < -0.4 is 0 Å². The van der Waals surface area contributed by atoms with Crippen LogP contribution in [0.15, 0.2) is 194 Å². The smallest absolute Gasteiger partial charge is 0.166 e. The number of aromatic nitrogens is 2. The molecule has 0 atom stereocenters. The van der Waals surface area contributed by atoms with Gasteiger partial charge in [-0.1, -0.05) is 146 Å². The van der Waals surface area contributed by atoms with Crippen molar-refractivity contribution in [2.45, 2.75) is 74.0 Å². The van der Waals surface area contributed by atoms with E-state index in [-0.39, 0.29) is 11.8 Å². The molecule has 86 heavy (non-hydrogen) atoms. The summed E-state index contributed by atoms with van der Waals surface area (Å²) in [6.45, 7) is 0. The molecule has 0 unspecified atom stereocenters. The molecule has 0 aliphatic heterocycles. The Labute approximate surface area is 494 Å². The van der Waals surface area contributed by atoms with E-state index in [9.17, 15) is 0 Å². The highest BCUT2D eigenvalue weighted by Gasteiger charge is 2.56. The first-order valence-electron chi connectivity index (χ1n) is 31.8. The monoisotopic (exact) mass is 1100 g/mol. The van der Waals surface area contributed by atoms with Gasteiger partial charge in [0.1, 0.15) is 0 Å². The number of hydrogen-bond donors (Lipinski definition) is 0. The largest absolute Gasteiger partial charge is 0.308 e. The van der Waals surface area contributed by atoms with E-state index in [0.717, 1.165) is 73.5 Å². The fraction of sp³-hybridized carbons (Fsp3) is 0.171. The molecule has 0 amide bonds. The van der Waals surface area contributed by atoms with E-state index in [1.165, 1.54) is 165 Å². The average molecular weight is 1100 g/mol. The third-order valence-corrected chi connectivity index (χ3v) is 24.1. The Morgan fingerprint density at radius 3 is 0.907 bits per heavy atom. The molecule has 2 fully saturated rings. The minimum Gasteiger partial charge on any atom is -0.308 e. The van der Waals surface area contributed by atoms with Gasteiger partial charge in [0, 0.05) is 66.1 Å². The fourth-order valence-corrected chi connectivity index (χ4v) is 20.9. The van der Waals surface area contributed by atoms with Gasteiger partial charge in [0.25, 0.3) is 0 Å². The Balaban J connectivity index is 0.965. The summed E-state index contributed by atoms with van der Waals surface area (Å²) >= 11 is 0. The van der Waals surface area contributed by atoms with Crippen LogP contribution in [0.2, 0.25) is 0 Å². The van der Waals surface area contributed by atoms with Crippen LogP contribution in [0.1, 0.15) is 140 Å². The van der Waals surface area contributed by atoms with E-state index in [1.807, 2.05) is 0 Å². The van der Waals surface area contributed by atoms with Gasteiger partial charge >= 0.3 is 0 Å². The Hall–Kier alpha value is -9.64. The Bertz CT molecular complexity index is 5360. The number of nitrogens with zero attached hydrogens (tertiary/aromatic N) is 2. The molecule has 15 aromatic rings. The standard InChI is InChI=1S/C82H52N2O2/c85-79-43-29-25-41(26-30-43)51-33-53-57-35-55-49-17-5-11-23-67(49)81(63-19-7-1-13-45(63)46-14-2-8-20-64(46)81)75(55)73-61-39-72-62(40-71(61)83(77(57)73)69(53)37-59(51)79)74-76-56(36-58-54-34-52-42-27-31-44(32-28-42)80(86)60(52)38-70(54)84(72)78(58)74)50-18-6-12-24-68(50)82(76)65-21-9-3-15-47(65)48-16-4-10-22-66(48)82/h1-24,33-44H,25-32H2. The zero-order chi connectivity index (χ0) is 55.5. The molecule has 4 aromatic heterocycles. The van der Waals surface area contributed by atoms with E-state index in [4.69, 9.17) is 0 Å². The topological polar surface area (TPSA) is 43.0 Å². The molecule has 4 heteroatoms. The van der Waals surface area contributed by atoms with Gasteiger partial charge in [-0.25, -0.2) is 0 Å². The lowest BCUT2D eigenvalue weighted by atomic mass is 9.69. The third kappa shape index (κ3) is 4.68. The first kappa shape index (κ1) is 44.8. The van der Waals surface area contributed by atoms with Gasteiger partial charge in [-0.2, -0.15) is 0 Å². The van der Waals surface area contributed by atoms with E-state index in [2.05, 4.69) is 203 Å². The van der Waals surface area contributed by atoms with Crippen LogP contribution in [0.4, 0.5) is 0 Å². The number of carbonyl (C=O) groups excluding carboxylic acids is 2. The first-order valence-corrected chi connectivity index (χ1v) is 31.8. The highest BCUT2D eigenvalue weighted by molar-refractivity contribution is 6.33. The van der Waals surface area contributed by atoms with E-state index >= 15 is 9.59 Å². The number of benzene rings is 11. The lowest BCUT2D eigenvalue weighted by molar-refractivity contribution is 0.0891. The summed E-state index contributed by atoms with van der Waals surface area (Å²) in [5.41, 5.74) is 31.2. The molecule has 11 aromatic carbocycles. The van der Waals surface area contributed by atoms with Crippen molar-refractivity contribution < 1.29 is 9.59 Å². The molecule has 0 N–H and O–H groups in total. The Kier molecular flexibility index (Phi) is 7.66. The molecule has 0 radical (unpaired) electrons. The maximum atomic E-state index is 15.0. The molecule has 4 bridgehead atoms.